The minimum atomic E-state index is -0.768. The molecule has 0 bridgehead atoms. The molecule has 4 amide bonds. The lowest BCUT2D eigenvalue weighted by Gasteiger charge is -2.35. The van der Waals surface area contributed by atoms with Gasteiger partial charge in [0.2, 0.25) is 11.9 Å². The molecule has 2 fully saturated rings. The summed E-state index contributed by atoms with van der Waals surface area (Å²) in [6.45, 7) is 2.36. The molecule has 0 aromatic carbocycles. The van der Waals surface area contributed by atoms with Gasteiger partial charge in [0.05, 0.1) is 6.42 Å². The van der Waals surface area contributed by atoms with Crippen LogP contribution in [0, 0.1) is 0 Å². The highest BCUT2D eigenvalue weighted by Gasteiger charge is 2.33. The lowest BCUT2D eigenvalue weighted by Crippen LogP contribution is -2.50. The number of nitrogens with zero attached hydrogens (tertiary/aromatic N) is 4. The fraction of sp³-hybridized carbons (Fsp3) is 0.462. The van der Waals surface area contributed by atoms with Crippen molar-refractivity contribution in [2.24, 2.45) is 0 Å². The highest BCUT2D eigenvalue weighted by molar-refractivity contribution is 6.05. The van der Waals surface area contributed by atoms with Gasteiger partial charge in [-0.25, -0.2) is 14.8 Å². The number of aromatic nitrogens is 2. The molecule has 116 valence electrons. The second-order valence-corrected chi connectivity index (χ2v) is 5.14. The molecule has 9 heteroatoms. The van der Waals surface area contributed by atoms with E-state index in [1.54, 1.807) is 23.4 Å². The Labute approximate surface area is 126 Å². The second-order valence-electron chi connectivity index (χ2n) is 5.14. The van der Waals surface area contributed by atoms with Gasteiger partial charge in [-0.05, 0) is 6.07 Å². The Morgan fingerprint density at radius 3 is 2.45 bits per heavy atom. The van der Waals surface area contributed by atoms with Crippen LogP contribution in [0.5, 0.6) is 0 Å². The molecular weight excluding hydrogens is 288 g/mol. The zero-order chi connectivity index (χ0) is 15.5. The van der Waals surface area contributed by atoms with Crippen molar-refractivity contribution in [3.05, 3.63) is 18.5 Å². The molecule has 1 unspecified atom stereocenters. The van der Waals surface area contributed by atoms with Gasteiger partial charge in [-0.3, -0.25) is 14.9 Å². The van der Waals surface area contributed by atoms with Crippen LogP contribution in [0.15, 0.2) is 18.5 Å². The molecule has 2 N–H and O–H groups in total. The van der Waals surface area contributed by atoms with Gasteiger partial charge in [-0.1, -0.05) is 0 Å². The number of imide groups is 1. The maximum absolute atomic E-state index is 12.2. The highest BCUT2D eigenvalue weighted by atomic mass is 16.2. The number of hydrogen-bond donors (Lipinski definition) is 2. The third-order valence-corrected chi connectivity index (χ3v) is 3.70. The van der Waals surface area contributed by atoms with E-state index >= 15 is 0 Å². The quantitative estimate of drug-likeness (QED) is 0.674. The van der Waals surface area contributed by atoms with Crippen LogP contribution in [0.4, 0.5) is 10.7 Å². The third kappa shape index (κ3) is 2.97. The minimum absolute atomic E-state index is 0.0145. The summed E-state index contributed by atoms with van der Waals surface area (Å²) in [5.74, 6) is 0.0580. The van der Waals surface area contributed by atoms with E-state index in [2.05, 4.69) is 20.6 Å². The molecule has 3 heterocycles. The van der Waals surface area contributed by atoms with Crippen LogP contribution >= 0.6 is 0 Å². The first-order chi connectivity index (χ1) is 10.6. The van der Waals surface area contributed by atoms with Crippen LogP contribution in [-0.4, -0.2) is 64.9 Å². The number of piperazine rings is 1. The summed E-state index contributed by atoms with van der Waals surface area (Å²) in [6.07, 6.45) is 3.35. The van der Waals surface area contributed by atoms with E-state index in [9.17, 15) is 14.4 Å². The van der Waals surface area contributed by atoms with E-state index in [1.165, 1.54) is 0 Å². The van der Waals surface area contributed by atoms with Gasteiger partial charge in [0, 0.05) is 38.6 Å². The van der Waals surface area contributed by atoms with Crippen LogP contribution in [0.1, 0.15) is 6.42 Å². The van der Waals surface area contributed by atoms with E-state index in [-0.39, 0.29) is 12.3 Å². The van der Waals surface area contributed by atoms with Gasteiger partial charge in [0.25, 0.3) is 5.91 Å². The topological polar surface area (TPSA) is 108 Å². The van der Waals surface area contributed by atoms with Crippen molar-refractivity contribution in [3.63, 3.8) is 0 Å². The van der Waals surface area contributed by atoms with Crippen molar-refractivity contribution in [1.82, 2.24) is 25.5 Å². The highest BCUT2D eigenvalue weighted by Crippen LogP contribution is 2.11. The number of urea groups is 1. The Bertz CT molecular complexity index is 585. The summed E-state index contributed by atoms with van der Waals surface area (Å²) >= 11 is 0. The molecule has 2 saturated heterocycles. The van der Waals surface area contributed by atoms with Crippen LogP contribution < -0.4 is 15.5 Å². The average molecular weight is 304 g/mol. The van der Waals surface area contributed by atoms with Crippen molar-refractivity contribution < 1.29 is 14.4 Å². The molecule has 2 aliphatic rings. The summed E-state index contributed by atoms with van der Waals surface area (Å²) in [4.78, 5) is 46.7. The molecule has 1 atom stereocenters. The van der Waals surface area contributed by atoms with Gasteiger partial charge in [0.1, 0.15) is 6.04 Å². The summed E-state index contributed by atoms with van der Waals surface area (Å²) in [5, 5.41) is 4.55. The Kier molecular flexibility index (Phi) is 3.86. The maximum atomic E-state index is 12.2. The molecule has 9 nitrogen and oxygen atoms in total. The Balaban J connectivity index is 1.52. The number of carbonyl (C=O) groups is 3. The van der Waals surface area contributed by atoms with Crippen molar-refractivity contribution in [2.75, 3.05) is 31.1 Å². The van der Waals surface area contributed by atoms with E-state index in [0.717, 1.165) is 0 Å². The fourth-order valence-corrected chi connectivity index (χ4v) is 2.52. The first kappa shape index (κ1) is 14.2. The number of anilines is 1. The number of hydrogen-bond acceptors (Lipinski definition) is 6. The molecule has 1 aromatic rings. The number of nitrogens with one attached hydrogen (secondary N) is 2. The van der Waals surface area contributed by atoms with Crippen LogP contribution in [-0.2, 0) is 9.59 Å². The molecule has 0 radical (unpaired) electrons. The van der Waals surface area contributed by atoms with Crippen LogP contribution in [0.2, 0.25) is 0 Å². The standard InChI is InChI=1S/C13H16N6O3/c20-10(8-9-11(21)17-13(22)16-9)18-4-6-19(7-5-18)12-14-2-1-3-15-12/h1-3,9H,4-8H2,(H2,16,17,21,22). The molecule has 3 rings (SSSR count). The van der Waals surface area contributed by atoms with Crippen LogP contribution in [0.3, 0.4) is 0 Å². The van der Waals surface area contributed by atoms with E-state index in [0.29, 0.717) is 32.1 Å². The average Bonchev–Trinajstić information content (AvgIpc) is 2.86. The second kappa shape index (κ2) is 5.96. The molecule has 0 aliphatic carbocycles. The molecular formula is C13H16N6O3. The monoisotopic (exact) mass is 304 g/mol. The first-order valence-corrected chi connectivity index (χ1v) is 7.04. The van der Waals surface area contributed by atoms with Crippen molar-refractivity contribution >= 4 is 23.8 Å². The lowest BCUT2D eigenvalue weighted by atomic mass is 10.2. The maximum Gasteiger partial charge on any atom is 0.322 e. The van der Waals surface area contributed by atoms with Crippen molar-refractivity contribution in [2.45, 2.75) is 12.5 Å². The summed E-state index contributed by atoms with van der Waals surface area (Å²) < 4.78 is 0. The minimum Gasteiger partial charge on any atom is -0.339 e. The molecule has 0 saturated carbocycles. The molecule has 0 spiro atoms. The normalized spacial score (nSPS) is 21.5. The van der Waals surface area contributed by atoms with Crippen molar-refractivity contribution in [1.29, 1.82) is 0 Å². The van der Waals surface area contributed by atoms with Gasteiger partial charge in [-0.2, -0.15) is 0 Å². The zero-order valence-electron chi connectivity index (χ0n) is 11.9. The lowest BCUT2D eigenvalue weighted by molar-refractivity contribution is -0.134. The van der Waals surface area contributed by atoms with Crippen LogP contribution in [0.25, 0.3) is 0 Å². The molecule has 22 heavy (non-hydrogen) atoms. The Morgan fingerprint density at radius 2 is 1.86 bits per heavy atom. The predicted molar refractivity (Wildman–Crippen MR) is 75.9 cm³/mol. The van der Waals surface area contributed by atoms with Gasteiger partial charge in [-0.15, -0.1) is 0 Å². The predicted octanol–water partition coefficient (Wildman–Crippen LogP) is -1.28. The smallest absolute Gasteiger partial charge is 0.322 e. The van der Waals surface area contributed by atoms with E-state index in [1.807, 2.05) is 4.90 Å². The van der Waals surface area contributed by atoms with E-state index in [4.69, 9.17) is 0 Å². The Morgan fingerprint density at radius 1 is 1.18 bits per heavy atom. The molecule has 2 aliphatic heterocycles. The van der Waals surface area contributed by atoms with Gasteiger partial charge in [0.15, 0.2) is 0 Å². The number of carbonyl (C=O) groups excluding carboxylic acids is 3. The molecule has 1 aromatic heterocycles. The summed E-state index contributed by atoms with van der Waals surface area (Å²) in [6, 6.07) is 0.439. The largest absolute Gasteiger partial charge is 0.339 e. The summed E-state index contributed by atoms with van der Waals surface area (Å²) in [5.41, 5.74) is 0. The van der Waals surface area contributed by atoms with Gasteiger partial charge < -0.3 is 15.1 Å². The SMILES string of the molecule is O=C1NC(=O)C(CC(=O)N2CCN(c3ncccn3)CC2)N1. The van der Waals surface area contributed by atoms with Gasteiger partial charge >= 0.3 is 6.03 Å². The zero-order valence-corrected chi connectivity index (χ0v) is 11.9. The fourth-order valence-electron chi connectivity index (χ4n) is 2.52. The third-order valence-electron chi connectivity index (χ3n) is 3.70. The Hall–Kier alpha value is -2.71. The first-order valence-electron chi connectivity index (χ1n) is 7.04. The number of rotatable bonds is 3. The number of amides is 4. The van der Waals surface area contributed by atoms with Crippen molar-refractivity contribution in [3.8, 4) is 0 Å². The van der Waals surface area contributed by atoms with E-state index < -0.39 is 18.0 Å². The summed E-state index contributed by atoms with van der Waals surface area (Å²) in [7, 11) is 0.